The van der Waals surface area contributed by atoms with E-state index in [0.717, 1.165) is 25.2 Å². The maximum Gasteiger partial charge on any atom is 0.223 e. The van der Waals surface area contributed by atoms with Gasteiger partial charge in [-0.3, -0.25) is 4.79 Å². The van der Waals surface area contributed by atoms with Crippen LogP contribution < -0.4 is 5.32 Å². The van der Waals surface area contributed by atoms with Crippen molar-refractivity contribution in [1.29, 1.82) is 0 Å². The molecular formula is C19H29N3O3S. The lowest BCUT2D eigenvalue weighted by atomic mass is 9.96. The van der Waals surface area contributed by atoms with Crippen molar-refractivity contribution in [3.05, 3.63) is 35.9 Å². The fourth-order valence-corrected chi connectivity index (χ4v) is 4.76. The van der Waals surface area contributed by atoms with E-state index in [1.807, 2.05) is 18.2 Å². The van der Waals surface area contributed by atoms with E-state index in [-0.39, 0.29) is 17.9 Å². The zero-order chi connectivity index (χ0) is 18.6. The van der Waals surface area contributed by atoms with Crippen molar-refractivity contribution in [2.75, 3.05) is 39.0 Å². The molecule has 26 heavy (non-hydrogen) atoms. The molecule has 0 aliphatic carbocycles. The Labute approximate surface area is 156 Å². The monoisotopic (exact) mass is 379 g/mol. The number of carbonyl (C=O) groups excluding carboxylic acids is 1. The third-order valence-electron chi connectivity index (χ3n) is 5.45. The first-order valence-electron chi connectivity index (χ1n) is 9.46. The van der Waals surface area contributed by atoms with Gasteiger partial charge in [-0.15, -0.1) is 0 Å². The zero-order valence-corrected chi connectivity index (χ0v) is 16.2. The first-order valence-corrected chi connectivity index (χ1v) is 11.3. The molecule has 1 N–H and O–H groups in total. The number of rotatable bonds is 6. The molecule has 0 bridgehead atoms. The van der Waals surface area contributed by atoms with Gasteiger partial charge in [-0.1, -0.05) is 30.3 Å². The number of amides is 1. The van der Waals surface area contributed by atoms with Gasteiger partial charge in [0.1, 0.15) is 0 Å². The third-order valence-corrected chi connectivity index (χ3v) is 6.75. The number of sulfonamides is 1. The number of nitrogens with one attached hydrogen (secondary N) is 1. The summed E-state index contributed by atoms with van der Waals surface area (Å²) in [5.41, 5.74) is 1.13. The van der Waals surface area contributed by atoms with Gasteiger partial charge in [0.05, 0.1) is 12.3 Å². The van der Waals surface area contributed by atoms with Crippen LogP contribution >= 0.6 is 0 Å². The van der Waals surface area contributed by atoms with Gasteiger partial charge in [0.2, 0.25) is 15.9 Å². The Kier molecular flexibility index (Phi) is 6.32. The normalized spacial score (nSPS) is 21.6. The summed E-state index contributed by atoms with van der Waals surface area (Å²) in [4.78, 5) is 15.2. The van der Waals surface area contributed by atoms with Crippen LogP contribution in [0.15, 0.2) is 30.3 Å². The molecular weight excluding hydrogens is 350 g/mol. The molecule has 1 amide bonds. The molecule has 7 heteroatoms. The first-order chi connectivity index (χ1) is 12.4. The van der Waals surface area contributed by atoms with Gasteiger partial charge in [-0.2, -0.15) is 0 Å². The van der Waals surface area contributed by atoms with Crippen molar-refractivity contribution in [3.8, 4) is 0 Å². The van der Waals surface area contributed by atoms with Crippen LogP contribution in [0.3, 0.4) is 0 Å². The molecule has 1 aromatic rings. The van der Waals surface area contributed by atoms with Gasteiger partial charge in [0, 0.05) is 25.6 Å². The quantitative estimate of drug-likeness (QED) is 0.815. The minimum absolute atomic E-state index is 0.0188. The van der Waals surface area contributed by atoms with Crippen molar-refractivity contribution >= 4 is 15.9 Å². The molecule has 0 radical (unpaired) electrons. The van der Waals surface area contributed by atoms with Crippen LogP contribution in [-0.4, -0.2) is 62.5 Å². The highest BCUT2D eigenvalue weighted by Gasteiger charge is 2.30. The van der Waals surface area contributed by atoms with Crippen molar-refractivity contribution in [2.45, 2.75) is 31.7 Å². The summed E-state index contributed by atoms with van der Waals surface area (Å²) in [5.74, 6) is -0.0657. The number of piperidine rings is 1. The highest BCUT2D eigenvalue weighted by Crippen LogP contribution is 2.22. The summed E-state index contributed by atoms with van der Waals surface area (Å²) in [6.07, 6.45) is 4.85. The number of nitrogens with zero attached hydrogens (tertiary/aromatic N) is 2. The highest BCUT2D eigenvalue weighted by atomic mass is 32.2. The second-order valence-electron chi connectivity index (χ2n) is 7.42. The molecule has 144 valence electrons. The van der Waals surface area contributed by atoms with E-state index in [2.05, 4.69) is 22.3 Å². The minimum atomic E-state index is -3.16. The molecule has 1 unspecified atom stereocenters. The number of benzene rings is 1. The Morgan fingerprint density at radius 1 is 1.12 bits per heavy atom. The molecule has 2 saturated heterocycles. The number of hydrogen-bond acceptors (Lipinski definition) is 4. The van der Waals surface area contributed by atoms with Gasteiger partial charge < -0.3 is 10.2 Å². The molecule has 0 spiro atoms. The molecule has 2 heterocycles. The molecule has 6 nitrogen and oxygen atoms in total. The van der Waals surface area contributed by atoms with Crippen molar-refractivity contribution in [1.82, 2.24) is 14.5 Å². The van der Waals surface area contributed by atoms with E-state index >= 15 is 0 Å². The Morgan fingerprint density at radius 3 is 2.31 bits per heavy atom. The minimum Gasteiger partial charge on any atom is -0.348 e. The molecule has 0 aromatic heterocycles. The molecule has 1 atom stereocenters. The van der Waals surface area contributed by atoms with E-state index in [4.69, 9.17) is 0 Å². The predicted molar refractivity (Wildman–Crippen MR) is 102 cm³/mol. The van der Waals surface area contributed by atoms with Gasteiger partial charge in [-0.05, 0) is 44.3 Å². The predicted octanol–water partition coefficient (Wildman–Crippen LogP) is 1.61. The zero-order valence-electron chi connectivity index (χ0n) is 15.4. The lowest BCUT2D eigenvalue weighted by Crippen LogP contribution is -2.45. The molecule has 1 aromatic carbocycles. The molecule has 2 aliphatic heterocycles. The van der Waals surface area contributed by atoms with Crippen LogP contribution in [0.1, 0.15) is 37.3 Å². The topological polar surface area (TPSA) is 69.7 Å². The van der Waals surface area contributed by atoms with Gasteiger partial charge in [0.25, 0.3) is 0 Å². The Bertz CT molecular complexity index is 694. The molecule has 3 rings (SSSR count). The summed E-state index contributed by atoms with van der Waals surface area (Å²) in [7, 11) is -3.16. The van der Waals surface area contributed by atoms with E-state index in [0.29, 0.717) is 25.9 Å². The maximum atomic E-state index is 12.8. The fourth-order valence-electron chi connectivity index (χ4n) is 3.88. The summed E-state index contributed by atoms with van der Waals surface area (Å²) in [6.45, 7) is 3.87. The van der Waals surface area contributed by atoms with Crippen LogP contribution in [-0.2, 0) is 14.8 Å². The summed E-state index contributed by atoms with van der Waals surface area (Å²) < 4.78 is 24.7. The smallest absolute Gasteiger partial charge is 0.223 e. The Balaban J connectivity index is 1.62. The van der Waals surface area contributed by atoms with Crippen LogP contribution in [0.5, 0.6) is 0 Å². The number of hydrogen-bond donors (Lipinski definition) is 1. The first kappa shape index (κ1) is 19.3. The van der Waals surface area contributed by atoms with Crippen LogP contribution in [0.25, 0.3) is 0 Å². The number of likely N-dealkylation sites (tertiary alicyclic amines) is 1. The van der Waals surface area contributed by atoms with Crippen molar-refractivity contribution in [2.24, 2.45) is 5.92 Å². The fraction of sp³-hybridized carbons (Fsp3) is 0.632. The number of carbonyl (C=O) groups is 1. The Hall–Kier alpha value is -1.44. The lowest BCUT2D eigenvalue weighted by molar-refractivity contribution is -0.127. The second-order valence-corrected chi connectivity index (χ2v) is 9.40. The maximum absolute atomic E-state index is 12.8. The average molecular weight is 380 g/mol. The standard InChI is InChI=1S/C19H29N3O3S/c1-26(24,25)22-13-9-17(10-14-22)19(23)20-18(15-21-11-5-6-12-21)16-7-3-2-4-8-16/h2-4,7-8,17-18H,5-6,9-15H2,1H3,(H,20,23). The van der Waals surface area contributed by atoms with Crippen molar-refractivity contribution < 1.29 is 13.2 Å². The van der Waals surface area contributed by atoms with Gasteiger partial charge in [-0.25, -0.2) is 12.7 Å². The van der Waals surface area contributed by atoms with Crippen molar-refractivity contribution in [3.63, 3.8) is 0 Å². The molecule has 2 aliphatic rings. The summed E-state index contributed by atoms with van der Waals surface area (Å²) >= 11 is 0. The largest absolute Gasteiger partial charge is 0.348 e. The molecule has 2 fully saturated rings. The SMILES string of the molecule is CS(=O)(=O)N1CCC(C(=O)NC(CN2CCCC2)c2ccccc2)CC1. The van der Waals surface area contributed by atoms with Crippen LogP contribution in [0.4, 0.5) is 0 Å². The summed E-state index contributed by atoms with van der Waals surface area (Å²) in [5, 5.41) is 3.23. The second kappa shape index (κ2) is 8.50. The van der Waals surface area contributed by atoms with E-state index in [1.54, 1.807) is 0 Å². The van der Waals surface area contributed by atoms with Crippen LogP contribution in [0, 0.1) is 5.92 Å². The summed E-state index contributed by atoms with van der Waals surface area (Å²) in [6, 6.07) is 10.1. The molecule has 0 saturated carbocycles. The van der Waals surface area contributed by atoms with E-state index in [9.17, 15) is 13.2 Å². The highest BCUT2D eigenvalue weighted by molar-refractivity contribution is 7.88. The Morgan fingerprint density at radius 2 is 1.73 bits per heavy atom. The van der Waals surface area contributed by atoms with E-state index in [1.165, 1.54) is 23.4 Å². The van der Waals surface area contributed by atoms with Gasteiger partial charge >= 0.3 is 0 Å². The third kappa shape index (κ3) is 5.05. The van der Waals surface area contributed by atoms with Gasteiger partial charge in [0.15, 0.2) is 0 Å². The van der Waals surface area contributed by atoms with Crippen LogP contribution in [0.2, 0.25) is 0 Å². The average Bonchev–Trinajstić information content (AvgIpc) is 3.14. The van der Waals surface area contributed by atoms with E-state index < -0.39 is 10.0 Å². The lowest BCUT2D eigenvalue weighted by Gasteiger charge is -2.31.